The number of rotatable bonds is 4. The Hall–Kier alpha value is -1.11. The van der Waals surface area contributed by atoms with Crippen LogP contribution in [-0.4, -0.2) is 32.3 Å². The molecule has 6 heteroatoms. The molecular formula is C13H17NO4S. The van der Waals surface area contributed by atoms with Gasteiger partial charge in [0.1, 0.15) is 5.75 Å². The molecule has 3 rings (SSSR count). The minimum Gasteiger partial charge on any atom is -0.508 e. The molecule has 2 N–H and O–H groups in total. The zero-order chi connectivity index (χ0) is 13.5. The monoisotopic (exact) mass is 283 g/mol. The van der Waals surface area contributed by atoms with Gasteiger partial charge in [-0.2, -0.15) is 0 Å². The van der Waals surface area contributed by atoms with E-state index in [-0.39, 0.29) is 22.8 Å². The third-order valence-electron chi connectivity index (χ3n) is 3.66. The molecule has 2 unspecified atom stereocenters. The van der Waals surface area contributed by atoms with Crippen LogP contribution >= 0.6 is 0 Å². The molecule has 19 heavy (non-hydrogen) atoms. The van der Waals surface area contributed by atoms with Gasteiger partial charge in [0.05, 0.1) is 17.0 Å². The van der Waals surface area contributed by atoms with Gasteiger partial charge in [-0.05, 0) is 43.4 Å². The highest BCUT2D eigenvalue weighted by Crippen LogP contribution is 2.39. The number of nitrogens with one attached hydrogen (secondary N) is 1. The number of hydrogen-bond acceptors (Lipinski definition) is 4. The fraction of sp³-hybridized carbons (Fsp3) is 0.538. The first-order valence-corrected chi connectivity index (χ1v) is 7.97. The lowest BCUT2D eigenvalue weighted by Gasteiger charge is -2.19. The van der Waals surface area contributed by atoms with E-state index in [1.54, 1.807) is 0 Å². The normalized spacial score (nSPS) is 27.6. The van der Waals surface area contributed by atoms with Crippen LogP contribution in [0.1, 0.15) is 19.3 Å². The zero-order valence-corrected chi connectivity index (χ0v) is 11.3. The number of sulfonamides is 1. The molecule has 2 aliphatic rings. The first kappa shape index (κ1) is 12.9. The average molecular weight is 283 g/mol. The van der Waals surface area contributed by atoms with Gasteiger partial charge in [0.25, 0.3) is 0 Å². The maximum absolute atomic E-state index is 12.3. The number of aromatic hydroxyl groups is 1. The van der Waals surface area contributed by atoms with E-state index in [2.05, 4.69) is 4.72 Å². The molecule has 1 aromatic carbocycles. The summed E-state index contributed by atoms with van der Waals surface area (Å²) in [5.41, 5.74) is 0. The number of ether oxygens (including phenoxy) is 1. The van der Waals surface area contributed by atoms with Crippen molar-refractivity contribution in [3.63, 3.8) is 0 Å². The highest BCUT2D eigenvalue weighted by Gasteiger charge is 2.42. The maximum atomic E-state index is 12.3. The molecule has 0 bridgehead atoms. The highest BCUT2D eigenvalue weighted by atomic mass is 32.2. The van der Waals surface area contributed by atoms with Gasteiger partial charge in [-0.25, -0.2) is 13.1 Å². The predicted molar refractivity (Wildman–Crippen MR) is 69.3 cm³/mol. The molecule has 0 amide bonds. The Balaban J connectivity index is 1.77. The molecular weight excluding hydrogens is 266 g/mol. The van der Waals surface area contributed by atoms with Gasteiger partial charge in [-0.3, -0.25) is 0 Å². The second-order valence-electron chi connectivity index (χ2n) is 5.19. The highest BCUT2D eigenvalue weighted by molar-refractivity contribution is 7.89. The van der Waals surface area contributed by atoms with Crippen LogP contribution in [0.25, 0.3) is 0 Å². The van der Waals surface area contributed by atoms with E-state index in [0.29, 0.717) is 18.9 Å². The Morgan fingerprint density at radius 2 is 2.05 bits per heavy atom. The van der Waals surface area contributed by atoms with E-state index in [0.717, 1.165) is 12.8 Å². The van der Waals surface area contributed by atoms with E-state index < -0.39 is 10.0 Å². The van der Waals surface area contributed by atoms with Gasteiger partial charge in [0, 0.05) is 6.61 Å². The van der Waals surface area contributed by atoms with Crippen LogP contribution in [0.2, 0.25) is 0 Å². The van der Waals surface area contributed by atoms with Crippen molar-refractivity contribution in [3.05, 3.63) is 24.3 Å². The topological polar surface area (TPSA) is 75.6 Å². The first-order chi connectivity index (χ1) is 9.06. The van der Waals surface area contributed by atoms with Gasteiger partial charge in [0.2, 0.25) is 10.0 Å². The van der Waals surface area contributed by atoms with Crippen molar-refractivity contribution >= 4 is 10.0 Å². The zero-order valence-electron chi connectivity index (χ0n) is 10.5. The van der Waals surface area contributed by atoms with Crippen LogP contribution in [0, 0.1) is 5.92 Å². The number of phenolic OH excluding ortho intramolecular Hbond substituents is 1. The molecule has 2 atom stereocenters. The fourth-order valence-electron chi connectivity index (χ4n) is 2.54. The summed E-state index contributed by atoms with van der Waals surface area (Å²) in [5.74, 6) is 0.448. The van der Waals surface area contributed by atoms with E-state index in [1.165, 1.54) is 24.3 Å². The molecule has 1 aliphatic carbocycles. The standard InChI is InChI=1S/C13H17NO4S/c15-10-2-1-3-11(8-10)19(16,17)14-12-6-7-18-13(12)9-4-5-9/h1-3,8-9,12-15H,4-7H2. The minimum absolute atomic E-state index is 0.00656. The van der Waals surface area contributed by atoms with Gasteiger partial charge >= 0.3 is 0 Å². The largest absolute Gasteiger partial charge is 0.508 e. The van der Waals surface area contributed by atoms with E-state index in [4.69, 9.17) is 4.74 Å². The summed E-state index contributed by atoms with van der Waals surface area (Å²) in [6.45, 7) is 0.606. The summed E-state index contributed by atoms with van der Waals surface area (Å²) in [4.78, 5) is 0.0916. The van der Waals surface area contributed by atoms with Crippen molar-refractivity contribution in [2.24, 2.45) is 5.92 Å². The van der Waals surface area contributed by atoms with Crippen LogP contribution in [0.4, 0.5) is 0 Å². The van der Waals surface area contributed by atoms with Crippen LogP contribution < -0.4 is 4.72 Å². The quantitative estimate of drug-likeness (QED) is 0.871. The van der Waals surface area contributed by atoms with Crippen molar-refractivity contribution in [1.29, 1.82) is 0 Å². The number of benzene rings is 1. The number of phenols is 1. The smallest absolute Gasteiger partial charge is 0.241 e. The summed E-state index contributed by atoms with van der Waals surface area (Å²) in [6, 6.07) is 5.55. The van der Waals surface area contributed by atoms with Crippen LogP contribution in [-0.2, 0) is 14.8 Å². The van der Waals surface area contributed by atoms with Gasteiger partial charge < -0.3 is 9.84 Å². The van der Waals surface area contributed by atoms with E-state index >= 15 is 0 Å². The Morgan fingerprint density at radius 3 is 2.74 bits per heavy atom. The van der Waals surface area contributed by atoms with Crippen LogP contribution in [0.3, 0.4) is 0 Å². The fourth-order valence-corrected chi connectivity index (χ4v) is 3.87. The molecule has 1 saturated carbocycles. The SMILES string of the molecule is O=S(=O)(NC1CCOC1C1CC1)c1cccc(O)c1. The summed E-state index contributed by atoms with van der Waals surface area (Å²) >= 11 is 0. The molecule has 5 nitrogen and oxygen atoms in total. The van der Waals surface area contributed by atoms with Crippen molar-refractivity contribution in [3.8, 4) is 5.75 Å². The first-order valence-electron chi connectivity index (χ1n) is 6.49. The summed E-state index contributed by atoms with van der Waals surface area (Å²) < 4.78 is 32.8. The third kappa shape index (κ3) is 2.75. The Morgan fingerprint density at radius 1 is 1.26 bits per heavy atom. The van der Waals surface area contributed by atoms with Crippen molar-refractivity contribution in [2.75, 3.05) is 6.61 Å². The summed E-state index contributed by atoms with van der Waals surface area (Å²) in [6.07, 6.45) is 2.95. The molecule has 0 radical (unpaired) electrons. The van der Waals surface area contributed by atoms with Crippen LogP contribution in [0.5, 0.6) is 5.75 Å². The third-order valence-corrected chi connectivity index (χ3v) is 5.14. The molecule has 1 heterocycles. The molecule has 104 valence electrons. The molecule has 2 fully saturated rings. The van der Waals surface area contributed by atoms with E-state index in [1.807, 2.05) is 0 Å². The Bertz CT molecular complexity index is 568. The molecule has 0 aromatic heterocycles. The van der Waals surface area contributed by atoms with Crippen molar-refractivity contribution in [1.82, 2.24) is 4.72 Å². The number of hydrogen-bond donors (Lipinski definition) is 2. The summed E-state index contributed by atoms with van der Waals surface area (Å²) in [5, 5.41) is 9.37. The van der Waals surface area contributed by atoms with E-state index in [9.17, 15) is 13.5 Å². The molecule has 1 aromatic rings. The molecule has 1 saturated heterocycles. The van der Waals surface area contributed by atoms with Gasteiger partial charge in [0.15, 0.2) is 0 Å². The lowest BCUT2D eigenvalue weighted by Crippen LogP contribution is -2.41. The van der Waals surface area contributed by atoms with Gasteiger partial charge in [-0.15, -0.1) is 0 Å². The lowest BCUT2D eigenvalue weighted by atomic mass is 10.1. The predicted octanol–water partition coefficient (Wildman–Crippen LogP) is 1.24. The van der Waals surface area contributed by atoms with Crippen LogP contribution in [0.15, 0.2) is 29.2 Å². The average Bonchev–Trinajstić information content (AvgIpc) is 3.10. The molecule has 1 aliphatic heterocycles. The summed E-state index contributed by atoms with van der Waals surface area (Å²) in [7, 11) is -3.59. The van der Waals surface area contributed by atoms with Gasteiger partial charge in [-0.1, -0.05) is 6.07 Å². The minimum atomic E-state index is -3.59. The molecule has 0 spiro atoms. The second kappa shape index (κ2) is 4.77. The lowest BCUT2D eigenvalue weighted by molar-refractivity contribution is 0.0848. The second-order valence-corrected chi connectivity index (χ2v) is 6.90. The van der Waals surface area contributed by atoms with Crippen molar-refractivity contribution < 1.29 is 18.3 Å². The Labute approximate surface area is 112 Å². The maximum Gasteiger partial charge on any atom is 0.241 e. The van der Waals surface area contributed by atoms with Crippen molar-refractivity contribution in [2.45, 2.75) is 36.3 Å². The Kier molecular flexibility index (Phi) is 3.24.